The number of aryl methyl sites for hydroxylation is 1. The highest BCUT2D eigenvalue weighted by atomic mass is 19.1. The van der Waals surface area contributed by atoms with E-state index in [1.807, 2.05) is 37.3 Å². The first-order valence-electron chi connectivity index (χ1n) is 12.2. The van der Waals surface area contributed by atoms with Gasteiger partial charge in [-0.2, -0.15) is 5.10 Å². The SMILES string of the molecule is CCOC[C@@H](O)CN(Cc1c(-c2ccccc2)nn(C)c1Oc1ccccc1F)C[C@H]1CCCO1. The van der Waals surface area contributed by atoms with Gasteiger partial charge in [0.15, 0.2) is 11.6 Å². The lowest BCUT2D eigenvalue weighted by molar-refractivity contribution is 0.00505. The molecule has 1 saturated heterocycles. The molecular formula is C27H34FN3O4. The minimum Gasteiger partial charge on any atom is -0.436 e. The highest BCUT2D eigenvalue weighted by Gasteiger charge is 2.26. The van der Waals surface area contributed by atoms with Crippen LogP contribution in [0.15, 0.2) is 54.6 Å². The maximum absolute atomic E-state index is 14.5. The van der Waals surface area contributed by atoms with Crippen LogP contribution in [0.5, 0.6) is 11.6 Å². The van der Waals surface area contributed by atoms with Gasteiger partial charge in [-0.25, -0.2) is 9.07 Å². The fraction of sp³-hybridized carbons (Fsp3) is 0.444. The van der Waals surface area contributed by atoms with Crippen molar-refractivity contribution in [2.45, 2.75) is 38.5 Å². The van der Waals surface area contributed by atoms with E-state index >= 15 is 0 Å². The number of aromatic nitrogens is 2. The Morgan fingerprint density at radius 3 is 2.69 bits per heavy atom. The molecule has 0 radical (unpaired) electrons. The van der Waals surface area contributed by atoms with Crippen molar-refractivity contribution in [3.05, 3.63) is 66.0 Å². The summed E-state index contributed by atoms with van der Waals surface area (Å²) in [6.07, 6.45) is 1.46. The van der Waals surface area contributed by atoms with E-state index in [1.54, 1.807) is 29.9 Å². The minimum atomic E-state index is -0.649. The van der Waals surface area contributed by atoms with Crippen LogP contribution < -0.4 is 4.74 Å². The van der Waals surface area contributed by atoms with Gasteiger partial charge >= 0.3 is 0 Å². The van der Waals surface area contributed by atoms with E-state index in [4.69, 9.17) is 19.3 Å². The Labute approximate surface area is 206 Å². The third-order valence-electron chi connectivity index (χ3n) is 6.03. The zero-order chi connectivity index (χ0) is 24.6. The van der Waals surface area contributed by atoms with Gasteiger partial charge in [-0.1, -0.05) is 42.5 Å². The average Bonchev–Trinajstić information content (AvgIpc) is 3.48. The van der Waals surface area contributed by atoms with Crippen LogP contribution in [-0.4, -0.2) is 64.9 Å². The Morgan fingerprint density at radius 1 is 1.20 bits per heavy atom. The molecule has 2 heterocycles. The molecule has 1 aliphatic rings. The largest absolute Gasteiger partial charge is 0.436 e. The van der Waals surface area contributed by atoms with Crippen molar-refractivity contribution in [2.24, 2.45) is 7.05 Å². The summed E-state index contributed by atoms with van der Waals surface area (Å²) in [5, 5.41) is 15.4. The van der Waals surface area contributed by atoms with Crippen LogP contribution in [0.1, 0.15) is 25.3 Å². The molecule has 1 fully saturated rings. The van der Waals surface area contributed by atoms with Crippen LogP contribution in [0.25, 0.3) is 11.3 Å². The van der Waals surface area contributed by atoms with Gasteiger partial charge in [0.2, 0.25) is 5.88 Å². The van der Waals surface area contributed by atoms with E-state index in [0.717, 1.165) is 36.3 Å². The zero-order valence-electron chi connectivity index (χ0n) is 20.4. The summed E-state index contributed by atoms with van der Waals surface area (Å²) in [7, 11) is 1.79. The molecule has 3 aromatic rings. The van der Waals surface area contributed by atoms with Gasteiger partial charge in [0.05, 0.1) is 24.4 Å². The highest BCUT2D eigenvalue weighted by Crippen LogP contribution is 2.35. The van der Waals surface area contributed by atoms with Crippen molar-refractivity contribution in [1.29, 1.82) is 0 Å². The highest BCUT2D eigenvalue weighted by molar-refractivity contribution is 5.65. The molecule has 1 aromatic heterocycles. The van der Waals surface area contributed by atoms with Gasteiger partial charge < -0.3 is 19.3 Å². The Bertz CT molecular complexity index is 1070. The maximum atomic E-state index is 14.5. The molecule has 4 rings (SSSR count). The number of nitrogens with zero attached hydrogens (tertiary/aromatic N) is 3. The summed E-state index contributed by atoms with van der Waals surface area (Å²) in [4.78, 5) is 2.15. The molecule has 0 amide bonds. The monoisotopic (exact) mass is 483 g/mol. The molecule has 0 bridgehead atoms. The molecule has 0 unspecified atom stereocenters. The van der Waals surface area contributed by atoms with Crippen LogP contribution in [0.2, 0.25) is 0 Å². The zero-order valence-corrected chi connectivity index (χ0v) is 20.4. The van der Waals surface area contributed by atoms with Crippen molar-refractivity contribution in [2.75, 3.05) is 32.9 Å². The number of ether oxygens (including phenoxy) is 3. The predicted molar refractivity (Wildman–Crippen MR) is 132 cm³/mol. The van der Waals surface area contributed by atoms with Crippen molar-refractivity contribution in [3.8, 4) is 22.9 Å². The molecule has 2 aromatic carbocycles. The third kappa shape index (κ3) is 6.67. The lowest BCUT2D eigenvalue weighted by Gasteiger charge is -2.27. The van der Waals surface area contributed by atoms with Gasteiger partial charge in [0, 0.05) is 45.5 Å². The van der Waals surface area contributed by atoms with E-state index in [9.17, 15) is 9.50 Å². The Kier molecular flexibility index (Phi) is 8.87. The number of benzene rings is 2. The molecule has 1 aliphatic heterocycles. The normalized spacial score (nSPS) is 16.7. The molecule has 188 valence electrons. The van der Waals surface area contributed by atoms with Crippen LogP contribution in [-0.2, 0) is 23.1 Å². The summed E-state index contributed by atoms with van der Waals surface area (Å²) in [5.74, 6) is 0.160. The van der Waals surface area contributed by atoms with Gasteiger partial charge in [-0.15, -0.1) is 0 Å². The van der Waals surface area contributed by atoms with Crippen molar-refractivity contribution in [1.82, 2.24) is 14.7 Å². The fourth-order valence-corrected chi connectivity index (χ4v) is 4.39. The van der Waals surface area contributed by atoms with E-state index in [-0.39, 0.29) is 18.5 Å². The Morgan fingerprint density at radius 2 is 1.97 bits per heavy atom. The number of aliphatic hydroxyl groups excluding tert-OH is 1. The van der Waals surface area contributed by atoms with Gasteiger partial charge in [-0.05, 0) is 31.9 Å². The van der Waals surface area contributed by atoms with Crippen LogP contribution in [0, 0.1) is 5.82 Å². The second-order valence-electron chi connectivity index (χ2n) is 8.80. The number of halogens is 1. The summed E-state index contributed by atoms with van der Waals surface area (Å²) in [6, 6.07) is 16.2. The number of para-hydroxylation sites is 1. The first-order chi connectivity index (χ1) is 17.0. The number of hydrogen-bond donors (Lipinski definition) is 1. The van der Waals surface area contributed by atoms with Gasteiger partial charge in [0.1, 0.15) is 5.69 Å². The molecule has 2 atom stereocenters. The first kappa shape index (κ1) is 25.3. The summed E-state index contributed by atoms with van der Waals surface area (Å²) in [6.45, 7) is 4.98. The number of rotatable bonds is 12. The van der Waals surface area contributed by atoms with E-state index in [2.05, 4.69) is 4.90 Å². The number of hydrogen-bond acceptors (Lipinski definition) is 6. The minimum absolute atomic E-state index is 0.0991. The number of aliphatic hydroxyl groups is 1. The first-order valence-corrected chi connectivity index (χ1v) is 12.2. The Balaban J connectivity index is 1.68. The lowest BCUT2D eigenvalue weighted by Crippen LogP contribution is -2.39. The standard InChI is InChI=1S/C27H34FN3O4/c1-3-33-19-21(32)16-31(17-22-12-9-15-34-22)18-23-26(20-10-5-4-6-11-20)29-30(2)27(23)35-25-14-8-7-13-24(25)28/h4-8,10-11,13-14,21-22,32H,3,9,12,15-19H2,1-2H3/t21-,22+/m0/s1. The van der Waals surface area contributed by atoms with Crippen molar-refractivity contribution in [3.63, 3.8) is 0 Å². The molecule has 7 nitrogen and oxygen atoms in total. The second kappa shape index (κ2) is 12.3. The van der Waals surface area contributed by atoms with Crippen LogP contribution in [0.3, 0.4) is 0 Å². The molecular weight excluding hydrogens is 449 g/mol. The molecule has 0 saturated carbocycles. The quantitative estimate of drug-likeness (QED) is 0.412. The summed E-state index contributed by atoms with van der Waals surface area (Å²) >= 11 is 0. The van der Waals surface area contributed by atoms with E-state index < -0.39 is 11.9 Å². The summed E-state index contributed by atoms with van der Waals surface area (Å²) in [5.41, 5.74) is 2.52. The lowest BCUT2D eigenvalue weighted by atomic mass is 10.1. The van der Waals surface area contributed by atoms with Crippen molar-refractivity contribution < 1.29 is 23.7 Å². The fourth-order valence-electron chi connectivity index (χ4n) is 4.39. The average molecular weight is 484 g/mol. The van der Waals surface area contributed by atoms with Crippen LogP contribution >= 0.6 is 0 Å². The predicted octanol–water partition coefficient (Wildman–Crippen LogP) is 4.40. The molecule has 35 heavy (non-hydrogen) atoms. The van der Waals surface area contributed by atoms with Crippen molar-refractivity contribution >= 4 is 0 Å². The van der Waals surface area contributed by atoms with E-state index in [0.29, 0.717) is 32.1 Å². The smallest absolute Gasteiger partial charge is 0.222 e. The molecule has 1 N–H and O–H groups in total. The maximum Gasteiger partial charge on any atom is 0.222 e. The second-order valence-corrected chi connectivity index (χ2v) is 8.80. The van der Waals surface area contributed by atoms with Gasteiger partial charge in [-0.3, -0.25) is 4.90 Å². The van der Waals surface area contributed by atoms with Gasteiger partial charge in [0.25, 0.3) is 0 Å². The topological polar surface area (TPSA) is 69.0 Å². The third-order valence-corrected chi connectivity index (χ3v) is 6.03. The van der Waals surface area contributed by atoms with Crippen LogP contribution in [0.4, 0.5) is 4.39 Å². The molecule has 8 heteroatoms. The summed E-state index contributed by atoms with van der Waals surface area (Å²) < 4.78 is 33.5. The Hall–Kier alpha value is -2.78. The van der Waals surface area contributed by atoms with E-state index in [1.165, 1.54) is 6.07 Å². The molecule has 0 spiro atoms. The molecule has 0 aliphatic carbocycles.